The first-order chi connectivity index (χ1) is 5.27. The van der Waals surface area contributed by atoms with Crippen LogP contribution in [-0.2, 0) is 4.74 Å². The maximum Gasteiger partial charge on any atom is 0.120 e. The fourth-order valence-electron chi connectivity index (χ4n) is 1.17. The van der Waals surface area contributed by atoms with Crippen LogP contribution in [-0.4, -0.2) is 25.4 Å². The zero-order valence-electron chi connectivity index (χ0n) is 6.92. The molecule has 1 unspecified atom stereocenters. The quantitative estimate of drug-likeness (QED) is 0.613. The third-order valence-corrected chi connectivity index (χ3v) is 2.07. The number of hydrogen-bond donors (Lipinski definition) is 1. The average molecular weight is 161 g/mol. The Morgan fingerprint density at radius 3 is 2.55 bits per heavy atom. The molecule has 2 nitrogen and oxygen atoms in total. The van der Waals surface area contributed by atoms with Crippen LogP contribution in [0.2, 0.25) is 0 Å². The van der Waals surface area contributed by atoms with Crippen LogP contribution < -0.4 is 5.73 Å². The predicted octanol–water partition coefficient (Wildman–Crippen LogP) is 1.10. The van der Waals surface area contributed by atoms with E-state index in [2.05, 4.69) is 6.92 Å². The Hall–Kier alpha value is -0.150. The minimum absolute atomic E-state index is 0.0758. The highest BCUT2D eigenvalue weighted by atomic mass is 19.1. The lowest BCUT2D eigenvalue weighted by Crippen LogP contribution is -2.05. The van der Waals surface area contributed by atoms with Gasteiger partial charge < -0.3 is 10.5 Å². The molecule has 0 aromatic carbocycles. The maximum absolute atomic E-state index is 12.5. The molecule has 1 aliphatic rings. The second-order valence-electron chi connectivity index (χ2n) is 3.09. The van der Waals surface area contributed by atoms with E-state index in [9.17, 15) is 4.39 Å². The number of alkyl halides is 1. The zero-order valence-corrected chi connectivity index (χ0v) is 6.92. The van der Waals surface area contributed by atoms with E-state index in [1.165, 1.54) is 0 Å². The fourth-order valence-corrected chi connectivity index (χ4v) is 1.17. The van der Waals surface area contributed by atoms with Crippen LogP contribution in [0, 0.1) is 5.92 Å². The number of rotatable bonds is 5. The first-order valence-electron chi connectivity index (χ1n) is 4.24. The van der Waals surface area contributed by atoms with Crippen molar-refractivity contribution < 1.29 is 9.13 Å². The lowest BCUT2D eigenvalue weighted by molar-refractivity contribution is 0.126. The van der Waals surface area contributed by atoms with E-state index in [4.69, 9.17) is 10.5 Å². The number of nitrogens with two attached hydrogens (primary N) is 1. The lowest BCUT2D eigenvalue weighted by atomic mass is 10.3. The summed E-state index contributed by atoms with van der Waals surface area (Å²) in [6.45, 7) is 3.49. The second kappa shape index (κ2) is 4.02. The molecule has 3 heteroatoms. The van der Waals surface area contributed by atoms with Gasteiger partial charge in [0.1, 0.15) is 6.17 Å². The van der Waals surface area contributed by atoms with Gasteiger partial charge in [-0.25, -0.2) is 4.39 Å². The van der Waals surface area contributed by atoms with E-state index in [0.29, 0.717) is 6.61 Å². The molecule has 0 radical (unpaired) electrons. The first-order valence-corrected chi connectivity index (χ1v) is 4.24. The zero-order chi connectivity index (χ0) is 8.27. The summed E-state index contributed by atoms with van der Waals surface area (Å²) >= 11 is 0. The van der Waals surface area contributed by atoms with Gasteiger partial charge in [0.15, 0.2) is 0 Å². The third-order valence-electron chi connectivity index (χ3n) is 2.07. The minimum atomic E-state index is -0.764. The fraction of sp³-hybridized carbons (Fsp3) is 1.00. The van der Waals surface area contributed by atoms with Gasteiger partial charge >= 0.3 is 0 Å². The molecule has 11 heavy (non-hydrogen) atoms. The van der Waals surface area contributed by atoms with Crippen molar-refractivity contribution in [3.05, 3.63) is 0 Å². The van der Waals surface area contributed by atoms with Crippen molar-refractivity contribution in [3.8, 4) is 0 Å². The van der Waals surface area contributed by atoms with Gasteiger partial charge in [-0.2, -0.15) is 0 Å². The number of hydrogen-bond acceptors (Lipinski definition) is 2. The normalized spacial score (nSPS) is 35.7. The highest BCUT2D eigenvalue weighted by molar-refractivity contribution is 5.01. The summed E-state index contributed by atoms with van der Waals surface area (Å²) in [6, 6.07) is -0.208. The summed E-state index contributed by atoms with van der Waals surface area (Å²) in [5, 5.41) is 0. The Kier molecular flexibility index (Phi) is 3.27. The van der Waals surface area contributed by atoms with Crippen LogP contribution in [0.1, 0.15) is 19.8 Å². The molecule has 3 atom stereocenters. The van der Waals surface area contributed by atoms with E-state index in [1.807, 2.05) is 0 Å². The molecule has 0 aromatic rings. The van der Waals surface area contributed by atoms with Crippen LogP contribution in [0.4, 0.5) is 4.39 Å². The van der Waals surface area contributed by atoms with Crippen molar-refractivity contribution in [1.82, 2.24) is 0 Å². The van der Waals surface area contributed by atoms with Gasteiger partial charge in [0, 0.05) is 25.2 Å². The molecule has 0 bridgehead atoms. The van der Waals surface area contributed by atoms with Crippen LogP contribution in [0.25, 0.3) is 0 Å². The molecule has 0 saturated heterocycles. The molecule has 66 valence electrons. The van der Waals surface area contributed by atoms with Gasteiger partial charge in [0.25, 0.3) is 0 Å². The monoisotopic (exact) mass is 161 g/mol. The van der Waals surface area contributed by atoms with Crippen molar-refractivity contribution >= 4 is 0 Å². The molecule has 0 aromatic heterocycles. The SMILES string of the molecule is CCCOCC[C@H]1C(F)[C@H]1N. The molecule has 1 aliphatic carbocycles. The molecule has 0 spiro atoms. The van der Waals surface area contributed by atoms with Crippen molar-refractivity contribution in [2.75, 3.05) is 13.2 Å². The molecular weight excluding hydrogens is 145 g/mol. The number of halogens is 1. The molecule has 0 aliphatic heterocycles. The van der Waals surface area contributed by atoms with E-state index in [-0.39, 0.29) is 12.0 Å². The minimum Gasteiger partial charge on any atom is -0.381 e. The van der Waals surface area contributed by atoms with Gasteiger partial charge in [-0.1, -0.05) is 6.92 Å². The Morgan fingerprint density at radius 1 is 1.45 bits per heavy atom. The van der Waals surface area contributed by atoms with Crippen molar-refractivity contribution in [2.45, 2.75) is 32.0 Å². The van der Waals surface area contributed by atoms with Gasteiger partial charge in [0.2, 0.25) is 0 Å². The Bertz CT molecular complexity index is 113. The highest BCUT2D eigenvalue weighted by Gasteiger charge is 2.47. The van der Waals surface area contributed by atoms with Crippen LogP contribution in [0.5, 0.6) is 0 Å². The first kappa shape index (κ1) is 8.94. The second-order valence-corrected chi connectivity index (χ2v) is 3.09. The molecule has 1 saturated carbocycles. The smallest absolute Gasteiger partial charge is 0.120 e. The summed E-state index contributed by atoms with van der Waals surface area (Å²) in [5.41, 5.74) is 5.39. The van der Waals surface area contributed by atoms with E-state index in [0.717, 1.165) is 19.4 Å². The largest absolute Gasteiger partial charge is 0.381 e. The van der Waals surface area contributed by atoms with Crippen LogP contribution in [0.3, 0.4) is 0 Å². The highest BCUT2D eigenvalue weighted by Crippen LogP contribution is 2.35. The van der Waals surface area contributed by atoms with Crippen molar-refractivity contribution in [1.29, 1.82) is 0 Å². The topological polar surface area (TPSA) is 35.2 Å². The molecule has 0 heterocycles. The van der Waals surface area contributed by atoms with Gasteiger partial charge in [-0.15, -0.1) is 0 Å². The molecular formula is C8H16FNO. The van der Waals surface area contributed by atoms with Crippen molar-refractivity contribution in [3.63, 3.8) is 0 Å². The Balaban J connectivity index is 1.89. The molecule has 1 fully saturated rings. The molecule has 1 rings (SSSR count). The Morgan fingerprint density at radius 2 is 2.09 bits per heavy atom. The van der Waals surface area contributed by atoms with E-state index >= 15 is 0 Å². The van der Waals surface area contributed by atoms with Crippen molar-refractivity contribution in [2.24, 2.45) is 11.7 Å². The lowest BCUT2D eigenvalue weighted by Gasteiger charge is -1.99. The average Bonchev–Trinajstić information content (AvgIpc) is 2.55. The molecule has 0 amide bonds. The summed E-state index contributed by atoms with van der Waals surface area (Å²) < 4.78 is 17.7. The number of ether oxygens (including phenoxy) is 1. The maximum atomic E-state index is 12.5. The summed E-state index contributed by atoms with van der Waals surface area (Å²) in [7, 11) is 0. The predicted molar refractivity (Wildman–Crippen MR) is 42.1 cm³/mol. The summed E-state index contributed by atoms with van der Waals surface area (Å²) in [4.78, 5) is 0. The van der Waals surface area contributed by atoms with Gasteiger partial charge in [0.05, 0.1) is 0 Å². The summed E-state index contributed by atoms with van der Waals surface area (Å²) in [6.07, 6.45) is 1.04. The van der Waals surface area contributed by atoms with Gasteiger partial charge in [-0.05, 0) is 12.8 Å². The van der Waals surface area contributed by atoms with Gasteiger partial charge in [-0.3, -0.25) is 0 Å². The van der Waals surface area contributed by atoms with Crippen LogP contribution >= 0.6 is 0 Å². The third kappa shape index (κ3) is 2.42. The summed E-state index contributed by atoms with van der Waals surface area (Å²) in [5.74, 6) is 0.0758. The Labute approximate surface area is 66.9 Å². The molecule has 2 N–H and O–H groups in total. The standard InChI is InChI=1S/C8H16FNO/c1-2-4-11-5-3-6-7(9)8(6)10/h6-8H,2-5,10H2,1H3/t6-,7?,8-/m0/s1. The van der Waals surface area contributed by atoms with E-state index < -0.39 is 6.17 Å². The van der Waals surface area contributed by atoms with E-state index in [1.54, 1.807) is 0 Å². The van der Waals surface area contributed by atoms with Crippen LogP contribution in [0.15, 0.2) is 0 Å².